The molecule has 2 heteroatoms. The average Bonchev–Trinajstić information content (AvgIpc) is 1.94. The van der Waals surface area contributed by atoms with Crippen LogP contribution >= 0.6 is 12.7 Å². The molecule has 0 unspecified atom stereocenters. The summed E-state index contributed by atoms with van der Waals surface area (Å²) in [4.78, 5) is 4.92. The van der Waals surface area contributed by atoms with E-state index in [0.29, 0.717) is 0 Å². The zero-order valence-electron chi connectivity index (χ0n) is 8.83. The third kappa shape index (κ3) is 11.3. The molecule has 0 amide bonds. The van der Waals surface area contributed by atoms with Crippen LogP contribution in [0.25, 0.3) is 0 Å². The Kier molecular flexibility index (Phi) is 8.48. The second-order valence-corrected chi connectivity index (χ2v) is 29.9. The van der Waals surface area contributed by atoms with Crippen LogP contribution < -0.4 is 0 Å². The summed E-state index contributed by atoms with van der Waals surface area (Å²) in [5.74, 6) is 0. The van der Waals surface area contributed by atoms with Gasteiger partial charge in [-0.1, -0.05) is 0 Å². The zero-order valence-corrected chi connectivity index (χ0v) is 13.3. The Labute approximate surface area is 88.1 Å². The van der Waals surface area contributed by atoms with Gasteiger partial charge < -0.3 is 0 Å². The van der Waals surface area contributed by atoms with Gasteiger partial charge in [0.15, 0.2) is 0 Å². The van der Waals surface area contributed by atoms with Crippen LogP contribution in [-0.2, 0) is 0 Å². The first kappa shape index (κ1) is 13.3. The van der Waals surface area contributed by atoms with Gasteiger partial charge in [-0.15, -0.1) is 0 Å². The molecule has 0 saturated heterocycles. The number of rotatable bonds is 7. The number of hydrogen-bond acceptors (Lipinski definition) is 0. The predicted octanol–water partition coefficient (Wildman–Crippen LogP) is 4.95. The summed E-state index contributed by atoms with van der Waals surface area (Å²) in [5, 5.41) is 0. The SMILES string of the molecule is CCCCCCC[CH2][Sn]([CH3])([CH3])[Br]. The molecule has 0 radical (unpaired) electrons. The summed E-state index contributed by atoms with van der Waals surface area (Å²) in [6.45, 7) is 2.28. The van der Waals surface area contributed by atoms with Crippen LogP contribution in [0.15, 0.2) is 0 Å². The van der Waals surface area contributed by atoms with Crippen molar-refractivity contribution in [2.45, 2.75) is 59.8 Å². The van der Waals surface area contributed by atoms with E-state index in [1.54, 1.807) is 0 Å². The first-order chi connectivity index (χ1) is 5.56. The van der Waals surface area contributed by atoms with E-state index >= 15 is 0 Å². The molecule has 0 aromatic carbocycles. The van der Waals surface area contributed by atoms with Crippen molar-refractivity contribution in [2.75, 3.05) is 0 Å². The predicted molar refractivity (Wildman–Crippen MR) is 64.6 cm³/mol. The summed E-state index contributed by atoms with van der Waals surface area (Å²) < 4.78 is 1.51. The second-order valence-electron chi connectivity index (χ2n) is 4.24. The van der Waals surface area contributed by atoms with Gasteiger partial charge in [-0.05, 0) is 0 Å². The van der Waals surface area contributed by atoms with E-state index < -0.39 is 16.2 Å². The average molecular weight is 342 g/mol. The van der Waals surface area contributed by atoms with Gasteiger partial charge in [0, 0.05) is 0 Å². The Morgan fingerprint density at radius 3 is 1.92 bits per heavy atom. The van der Waals surface area contributed by atoms with Crippen molar-refractivity contribution < 1.29 is 0 Å². The van der Waals surface area contributed by atoms with Crippen molar-refractivity contribution in [1.82, 2.24) is 0 Å². The molecule has 0 aromatic heterocycles. The minimum atomic E-state index is -1.56. The van der Waals surface area contributed by atoms with E-state index in [1.165, 1.54) is 43.0 Å². The molecule has 12 heavy (non-hydrogen) atoms. The molecule has 0 aromatic rings. The molecule has 0 fully saturated rings. The maximum absolute atomic E-state index is 3.87. The van der Waals surface area contributed by atoms with Crippen molar-refractivity contribution in [1.29, 1.82) is 0 Å². The fraction of sp³-hybridized carbons (Fsp3) is 1.00. The first-order valence-electron chi connectivity index (χ1n) is 5.25. The van der Waals surface area contributed by atoms with E-state index in [9.17, 15) is 0 Å². The van der Waals surface area contributed by atoms with E-state index in [2.05, 4.69) is 29.5 Å². The van der Waals surface area contributed by atoms with Crippen LogP contribution in [0.5, 0.6) is 0 Å². The Balaban J connectivity index is 3.01. The molecule has 0 spiro atoms. The molecule has 0 saturated carbocycles. The molecule has 74 valence electrons. The fourth-order valence-electron chi connectivity index (χ4n) is 1.33. The third-order valence-corrected chi connectivity index (χ3v) is 9.19. The summed E-state index contributed by atoms with van der Waals surface area (Å²) in [6, 6.07) is 0. The molecule has 0 bridgehead atoms. The molecule has 0 nitrogen and oxygen atoms in total. The summed E-state index contributed by atoms with van der Waals surface area (Å²) >= 11 is 2.31. The van der Waals surface area contributed by atoms with Crippen LogP contribution in [0.1, 0.15) is 45.4 Å². The van der Waals surface area contributed by atoms with E-state index in [0.717, 1.165) is 0 Å². The van der Waals surface area contributed by atoms with Crippen molar-refractivity contribution in [2.24, 2.45) is 0 Å². The van der Waals surface area contributed by atoms with Crippen molar-refractivity contribution in [3.05, 3.63) is 0 Å². The fourth-order valence-corrected chi connectivity index (χ4v) is 6.32. The van der Waals surface area contributed by atoms with Gasteiger partial charge in [-0.3, -0.25) is 0 Å². The van der Waals surface area contributed by atoms with Crippen LogP contribution in [0, 0.1) is 0 Å². The Hall–Kier alpha value is 1.28. The molecule has 0 aliphatic heterocycles. The summed E-state index contributed by atoms with van der Waals surface area (Å²) in [5.41, 5.74) is 0. The third-order valence-electron chi connectivity index (χ3n) is 2.12. The van der Waals surface area contributed by atoms with Gasteiger partial charge in [0.05, 0.1) is 0 Å². The van der Waals surface area contributed by atoms with E-state index in [4.69, 9.17) is 0 Å². The minimum absolute atomic E-state index is 1.36. The zero-order chi connectivity index (χ0) is 9.45. The van der Waals surface area contributed by atoms with E-state index in [1.807, 2.05) is 0 Å². The summed E-state index contributed by atoms with van der Waals surface area (Å²) in [6.07, 6.45) is 8.64. The molecule has 0 aliphatic rings. The number of halogens is 1. The molecule has 0 heterocycles. The van der Waals surface area contributed by atoms with Crippen LogP contribution in [0.4, 0.5) is 0 Å². The Bertz CT molecular complexity index is 96.5. The van der Waals surface area contributed by atoms with E-state index in [-0.39, 0.29) is 0 Å². The van der Waals surface area contributed by atoms with Gasteiger partial charge in [0.2, 0.25) is 0 Å². The second kappa shape index (κ2) is 7.66. The van der Waals surface area contributed by atoms with Crippen LogP contribution in [-0.4, -0.2) is 16.2 Å². The van der Waals surface area contributed by atoms with Gasteiger partial charge in [-0.25, -0.2) is 0 Å². The normalized spacial score (nSPS) is 12.0. The maximum atomic E-state index is 3.87. The molecule has 0 rings (SSSR count). The van der Waals surface area contributed by atoms with Crippen LogP contribution in [0.2, 0.25) is 14.3 Å². The van der Waals surface area contributed by atoms with Gasteiger partial charge in [0.25, 0.3) is 0 Å². The number of unbranched alkanes of at least 4 members (excludes halogenated alkanes) is 5. The number of hydrogen-bond donors (Lipinski definition) is 0. The van der Waals surface area contributed by atoms with Crippen LogP contribution in [0.3, 0.4) is 0 Å². The Morgan fingerprint density at radius 2 is 1.42 bits per heavy atom. The van der Waals surface area contributed by atoms with Gasteiger partial charge in [-0.2, -0.15) is 0 Å². The Morgan fingerprint density at radius 1 is 0.917 bits per heavy atom. The van der Waals surface area contributed by atoms with Crippen molar-refractivity contribution in [3.63, 3.8) is 0 Å². The van der Waals surface area contributed by atoms with Gasteiger partial charge in [0.1, 0.15) is 0 Å². The molecule has 0 N–H and O–H groups in total. The topological polar surface area (TPSA) is 0 Å². The van der Waals surface area contributed by atoms with Gasteiger partial charge >= 0.3 is 88.6 Å². The molecular formula is C10H23BrSn. The first-order valence-corrected chi connectivity index (χ1v) is 19.4. The van der Waals surface area contributed by atoms with Crippen molar-refractivity contribution >= 4 is 28.9 Å². The monoisotopic (exact) mass is 342 g/mol. The summed E-state index contributed by atoms with van der Waals surface area (Å²) in [7, 11) is 0. The van der Waals surface area contributed by atoms with Crippen molar-refractivity contribution in [3.8, 4) is 0 Å². The molecular weight excluding hydrogens is 319 g/mol. The standard InChI is InChI=1S/C8H17.2CH3.BrH.Sn/c1-3-5-7-8-6-4-2;;;;/h1,3-8H2,2H3;2*1H3;1H;/q;;;;+1/p-1. The molecule has 0 aliphatic carbocycles. The quantitative estimate of drug-likeness (QED) is 0.454. The molecule has 0 atom stereocenters.